The molecule has 0 aliphatic carbocycles. The van der Waals surface area contributed by atoms with Crippen molar-refractivity contribution in [1.29, 1.82) is 0 Å². The van der Waals surface area contributed by atoms with Crippen LogP contribution in [0, 0.1) is 0 Å². The second-order valence-electron chi connectivity index (χ2n) is 5.62. The van der Waals surface area contributed by atoms with Crippen molar-refractivity contribution < 1.29 is 14.6 Å². The molecule has 0 bridgehead atoms. The van der Waals surface area contributed by atoms with Crippen LogP contribution in [0.1, 0.15) is 5.56 Å². The van der Waals surface area contributed by atoms with Gasteiger partial charge in [0.05, 0.1) is 32.7 Å². The number of methoxy groups -OCH3 is 1. The van der Waals surface area contributed by atoms with Gasteiger partial charge in [-0.15, -0.1) is 0 Å². The molecule has 1 amide bonds. The Balaban J connectivity index is 1.95. The molecule has 1 fully saturated rings. The molecule has 140 valence electrons. The molecule has 2 aromatic carbocycles. The van der Waals surface area contributed by atoms with Gasteiger partial charge in [0.15, 0.2) is 5.17 Å². The van der Waals surface area contributed by atoms with Crippen LogP contribution in [-0.4, -0.2) is 41.3 Å². The van der Waals surface area contributed by atoms with Gasteiger partial charge in [0, 0.05) is 7.11 Å². The normalized spacial score (nSPS) is 17.3. The van der Waals surface area contributed by atoms with Crippen molar-refractivity contribution in [2.24, 2.45) is 4.99 Å². The van der Waals surface area contributed by atoms with Gasteiger partial charge in [-0.1, -0.05) is 18.2 Å². The molecule has 1 aliphatic rings. The highest BCUT2D eigenvalue weighted by atomic mass is 79.9. The average molecular weight is 512 g/mol. The SMILES string of the molecule is COCCN1C(=O)/C(=C\c2cc(Br)c(O)c(Br)c2)SC1=Nc1ccccc1. The fourth-order valence-corrected chi connectivity index (χ4v) is 4.65. The largest absolute Gasteiger partial charge is 0.506 e. The Bertz CT molecular complexity index is 893. The third kappa shape index (κ3) is 4.82. The van der Waals surface area contributed by atoms with E-state index in [0.717, 1.165) is 11.3 Å². The van der Waals surface area contributed by atoms with Gasteiger partial charge in [-0.25, -0.2) is 4.99 Å². The van der Waals surface area contributed by atoms with Crippen LogP contribution >= 0.6 is 43.6 Å². The Morgan fingerprint density at radius 3 is 2.52 bits per heavy atom. The van der Waals surface area contributed by atoms with Gasteiger partial charge in [0.1, 0.15) is 5.75 Å². The minimum atomic E-state index is -0.118. The van der Waals surface area contributed by atoms with E-state index in [1.54, 1.807) is 30.2 Å². The van der Waals surface area contributed by atoms with Crippen molar-refractivity contribution in [3.63, 3.8) is 0 Å². The summed E-state index contributed by atoms with van der Waals surface area (Å²) in [6, 6.07) is 13.0. The molecule has 3 rings (SSSR count). The number of halogens is 2. The van der Waals surface area contributed by atoms with Crippen LogP contribution in [0.5, 0.6) is 5.75 Å². The van der Waals surface area contributed by atoms with Gasteiger partial charge < -0.3 is 9.84 Å². The number of hydrogen-bond acceptors (Lipinski definition) is 5. The summed E-state index contributed by atoms with van der Waals surface area (Å²) in [5.41, 5.74) is 1.57. The number of carbonyl (C=O) groups is 1. The van der Waals surface area contributed by atoms with E-state index >= 15 is 0 Å². The summed E-state index contributed by atoms with van der Waals surface area (Å²) in [6.45, 7) is 0.845. The number of benzene rings is 2. The van der Waals surface area contributed by atoms with Gasteiger partial charge in [0.2, 0.25) is 0 Å². The maximum absolute atomic E-state index is 12.9. The predicted molar refractivity (Wildman–Crippen MR) is 116 cm³/mol. The van der Waals surface area contributed by atoms with Crippen LogP contribution in [0.25, 0.3) is 6.08 Å². The van der Waals surface area contributed by atoms with Gasteiger partial charge >= 0.3 is 0 Å². The number of aromatic hydroxyl groups is 1. The summed E-state index contributed by atoms with van der Waals surface area (Å²) >= 11 is 7.95. The molecule has 0 saturated carbocycles. The first kappa shape index (κ1) is 20.1. The Morgan fingerprint density at radius 2 is 1.89 bits per heavy atom. The minimum Gasteiger partial charge on any atom is -0.506 e. The predicted octanol–water partition coefficient (Wildman–Crippen LogP) is 5.17. The second kappa shape index (κ2) is 9.05. The molecular formula is C19H16Br2N2O3S. The zero-order valence-corrected chi connectivity index (χ0v) is 18.3. The number of aliphatic imine (C=N–C) groups is 1. The monoisotopic (exact) mass is 510 g/mol. The summed E-state index contributed by atoms with van der Waals surface area (Å²) < 4.78 is 6.23. The smallest absolute Gasteiger partial charge is 0.266 e. The molecule has 0 radical (unpaired) electrons. The van der Waals surface area contributed by atoms with Crippen molar-refractivity contribution in [2.75, 3.05) is 20.3 Å². The summed E-state index contributed by atoms with van der Waals surface area (Å²) in [7, 11) is 1.60. The molecule has 2 aromatic rings. The highest BCUT2D eigenvalue weighted by molar-refractivity contribution is 9.11. The molecular weight excluding hydrogens is 496 g/mol. The lowest BCUT2D eigenvalue weighted by molar-refractivity contribution is -0.122. The van der Waals surface area contributed by atoms with Crippen LogP contribution in [0.3, 0.4) is 0 Å². The van der Waals surface area contributed by atoms with Crippen LogP contribution in [0.2, 0.25) is 0 Å². The number of ether oxygens (including phenoxy) is 1. The number of hydrogen-bond donors (Lipinski definition) is 1. The first-order chi connectivity index (χ1) is 13.0. The van der Waals surface area contributed by atoms with Gasteiger partial charge in [-0.3, -0.25) is 9.69 Å². The average Bonchev–Trinajstić information content (AvgIpc) is 2.93. The molecule has 5 nitrogen and oxygen atoms in total. The number of amides is 1. The number of rotatable bonds is 5. The number of para-hydroxylation sites is 1. The fraction of sp³-hybridized carbons (Fsp3) is 0.158. The lowest BCUT2D eigenvalue weighted by Gasteiger charge is -2.14. The van der Waals surface area contributed by atoms with Crippen LogP contribution in [0.4, 0.5) is 5.69 Å². The van der Waals surface area contributed by atoms with E-state index in [0.29, 0.717) is 32.2 Å². The maximum atomic E-state index is 12.9. The van der Waals surface area contributed by atoms with Crippen molar-refractivity contribution in [1.82, 2.24) is 4.90 Å². The third-order valence-electron chi connectivity index (χ3n) is 3.73. The van der Waals surface area contributed by atoms with E-state index in [9.17, 15) is 9.90 Å². The molecule has 0 spiro atoms. The number of carbonyl (C=O) groups excluding carboxylic acids is 1. The zero-order valence-electron chi connectivity index (χ0n) is 14.4. The lowest BCUT2D eigenvalue weighted by Crippen LogP contribution is -2.32. The molecule has 27 heavy (non-hydrogen) atoms. The highest BCUT2D eigenvalue weighted by Crippen LogP contribution is 2.37. The topological polar surface area (TPSA) is 62.1 Å². The van der Waals surface area contributed by atoms with Gasteiger partial charge in [-0.05, 0) is 79.5 Å². The highest BCUT2D eigenvalue weighted by Gasteiger charge is 2.33. The van der Waals surface area contributed by atoms with E-state index in [4.69, 9.17) is 4.74 Å². The summed E-state index contributed by atoms with van der Waals surface area (Å²) in [5.74, 6) is 0.00246. The van der Waals surface area contributed by atoms with Crippen molar-refractivity contribution in [2.45, 2.75) is 0 Å². The summed E-state index contributed by atoms with van der Waals surface area (Å²) in [5, 5.41) is 10.5. The Hall–Kier alpha value is -1.61. The first-order valence-corrected chi connectivity index (χ1v) is 10.4. The molecule has 0 atom stereocenters. The lowest BCUT2D eigenvalue weighted by atomic mass is 10.2. The minimum absolute atomic E-state index is 0.118. The Morgan fingerprint density at radius 1 is 1.22 bits per heavy atom. The molecule has 1 heterocycles. The van der Waals surface area contributed by atoms with E-state index in [1.165, 1.54) is 11.8 Å². The van der Waals surface area contributed by atoms with Crippen molar-refractivity contribution >= 4 is 66.5 Å². The van der Waals surface area contributed by atoms with E-state index in [1.807, 2.05) is 30.3 Å². The fourth-order valence-electron chi connectivity index (χ4n) is 2.40. The maximum Gasteiger partial charge on any atom is 0.266 e. The number of thioether (sulfide) groups is 1. The third-order valence-corrected chi connectivity index (χ3v) is 5.94. The van der Waals surface area contributed by atoms with E-state index < -0.39 is 0 Å². The number of phenols is 1. The molecule has 8 heteroatoms. The second-order valence-corrected chi connectivity index (χ2v) is 8.34. The Kier molecular flexibility index (Phi) is 6.75. The van der Waals surface area contributed by atoms with Gasteiger partial charge in [0.25, 0.3) is 5.91 Å². The van der Waals surface area contributed by atoms with Gasteiger partial charge in [-0.2, -0.15) is 0 Å². The summed E-state index contributed by atoms with van der Waals surface area (Å²) in [4.78, 5) is 19.7. The molecule has 0 unspecified atom stereocenters. The number of phenolic OH excluding ortho intramolecular Hbond substituents is 1. The molecule has 1 aliphatic heterocycles. The first-order valence-electron chi connectivity index (χ1n) is 8.01. The van der Waals surface area contributed by atoms with Crippen LogP contribution in [-0.2, 0) is 9.53 Å². The number of amidine groups is 1. The molecule has 1 N–H and O–H groups in total. The Labute approximate surface area is 178 Å². The quantitative estimate of drug-likeness (QED) is 0.562. The van der Waals surface area contributed by atoms with E-state index in [-0.39, 0.29) is 11.7 Å². The number of nitrogens with zero attached hydrogens (tertiary/aromatic N) is 2. The van der Waals surface area contributed by atoms with E-state index in [2.05, 4.69) is 36.9 Å². The van der Waals surface area contributed by atoms with Crippen molar-refractivity contribution in [3.8, 4) is 5.75 Å². The standard InChI is InChI=1S/C19H16Br2N2O3S/c1-26-8-7-23-18(25)16(11-12-9-14(20)17(24)15(21)10-12)27-19(23)22-13-5-3-2-4-6-13/h2-6,9-11,24H,7-8H2,1H3/b16-11+,22-19?. The molecule has 1 saturated heterocycles. The van der Waals surface area contributed by atoms with Crippen LogP contribution in [0.15, 0.2) is 61.3 Å². The molecule has 0 aromatic heterocycles. The van der Waals surface area contributed by atoms with Crippen molar-refractivity contribution in [3.05, 3.63) is 61.9 Å². The zero-order chi connectivity index (χ0) is 19.4. The van der Waals surface area contributed by atoms with Crippen LogP contribution < -0.4 is 0 Å². The summed E-state index contributed by atoms with van der Waals surface area (Å²) in [6.07, 6.45) is 1.79.